The zero-order valence-electron chi connectivity index (χ0n) is 15.4. The second kappa shape index (κ2) is 9.33. The molecule has 0 aliphatic carbocycles. The van der Waals surface area contributed by atoms with Crippen LogP contribution in [0.25, 0.3) is 0 Å². The van der Waals surface area contributed by atoms with E-state index < -0.39 is 54.5 Å². The average Bonchev–Trinajstić information content (AvgIpc) is 3.12. The van der Waals surface area contributed by atoms with E-state index in [-0.39, 0.29) is 12.4 Å². The van der Waals surface area contributed by atoms with Crippen LogP contribution in [-0.4, -0.2) is 66.2 Å². The van der Waals surface area contributed by atoms with Gasteiger partial charge < -0.3 is 33.8 Å². The van der Waals surface area contributed by atoms with E-state index in [1.807, 2.05) is 0 Å². The van der Waals surface area contributed by atoms with Gasteiger partial charge in [0.2, 0.25) is 0 Å². The van der Waals surface area contributed by atoms with Gasteiger partial charge in [0.15, 0.2) is 24.3 Å². The second-order valence-electron chi connectivity index (χ2n) is 5.99. The summed E-state index contributed by atoms with van der Waals surface area (Å²) in [6.07, 6.45) is -4.08. The highest BCUT2D eigenvalue weighted by molar-refractivity contribution is 5.91. The van der Waals surface area contributed by atoms with Crippen LogP contribution in [0.3, 0.4) is 0 Å². The Hall–Kier alpha value is -2.92. The van der Waals surface area contributed by atoms with E-state index >= 15 is 0 Å². The van der Waals surface area contributed by atoms with Crippen LogP contribution in [0, 0.1) is 0 Å². The summed E-state index contributed by atoms with van der Waals surface area (Å²) < 4.78 is 25.6. The van der Waals surface area contributed by atoms with E-state index in [2.05, 4.69) is 5.32 Å². The standard InChI is InChI=1S/C17H21NO10/c1-8(19)25-7-12-14(26-9(2)20)15(27-10(3)21)13(17(23)28-12)18-16(22)11-5-4-6-24-11/h4-6,12-15,17,23H,7H2,1-3H3,(H,18,22)/t12-,13+,14-,15-,17-/m0/s1. The molecule has 154 valence electrons. The molecule has 0 bridgehead atoms. The van der Waals surface area contributed by atoms with Gasteiger partial charge in [-0.1, -0.05) is 0 Å². The molecule has 0 radical (unpaired) electrons. The molecule has 11 heteroatoms. The minimum atomic E-state index is -1.66. The summed E-state index contributed by atoms with van der Waals surface area (Å²) in [5.74, 6) is -2.88. The molecule has 28 heavy (non-hydrogen) atoms. The molecule has 1 aliphatic heterocycles. The molecule has 1 aromatic heterocycles. The van der Waals surface area contributed by atoms with Crippen molar-refractivity contribution >= 4 is 23.8 Å². The van der Waals surface area contributed by atoms with Crippen molar-refractivity contribution in [2.75, 3.05) is 6.61 Å². The first-order valence-corrected chi connectivity index (χ1v) is 8.34. The van der Waals surface area contributed by atoms with Crippen molar-refractivity contribution in [3.63, 3.8) is 0 Å². The summed E-state index contributed by atoms with van der Waals surface area (Å²) in [5, 5.41) is 12.8. The van der Waals surface area contributed by atoms with Gasteiger partial charge in [-0.2, -0.15) is 0 Å². The summed E-state index contributed by atoms with van der Waals surface area (Å²) in [7, 11) is 0. The summed E-state index contributed by atoms with van der Waals surface area (Å²) in [6, 6.07) is 1.59. The van der Waals surface area contributed by atoms with E-state index in [0.717, 1.165) is 20.8 Å². The van der Waals surface area contributed by atoms with Crippen molar-refractivity contribution in [1.82, 2.24) is 5.32 Å². The minimum Gasteiger partial charge on any atom is -0.463 e. The maximum absolute atomic E-state index is 12.3. The summed E-state index contributed by atoms with van der Waals surface area (Å²) >= 11 is 0. The number of ether oxygens (including phenoxy) is 4. The fraction of sp³-hybridized carbons (Fsp3) is 0.529. The number of carbonyl (C=O) groups is 4. The molecule has 2 heterocycles. The lowest BCUT2D eigenvalue weighted by atomic mass is 9.96. The lowest BCUT2D eigenvalue weighted by molar-refractivity contribution is -0.263. The van der Waals surface area contributed by atoms with Crippen LogP contribution in [0.1, 0.15) is 31.3 Å². The van der Waals surface area contributed by atoms with Crippen LogP contribution in [0.5, 0.6) is 0 Å². The highest BCUT2D eigenvalue weighted by atomic mass is 16.7. The van der Waals surface area contributed by atoms with Crippen LogP contribution in [0.15, 0.2) is 22.8 Å². The molecule has 0 spiro atoms. The SMILES string of the molecule is CC(=O)OC[C@@H]1O[C@H](O)[C@H](NC(=O)c2ccco2)[C@H](OC(C)=O)[C@H]1OC(C)=O. The number of rotatable bonds is 6. The molecule has 1 saturated heterocycles. The lowest BCUT2D eigenvalue weighted by Crippen LogP contribution is -2.66. The Balaban J connectivity index is 2.29. The van der Waals surface area contributed by atoms with E-state index in [1.165, 1.54) is 18.4 Å². The number of nitrogens with one attached hydrogen (secondary N) is 1. The fourth-order valence-corrected chi connectivity index (χ4v) is 2.70. The first-order chi connectivity index (χ1) is 13.2. The molecule has 11 nitrogen and oxygen atoms in total. The third-order valence-corrected chi connectivity index (χ3v) is 3.76. The van der Waals surface area contributed by atoms with Crippen LogP contribution >= 0.6 is 0 Å². The fourth-order valence-electron chi connectivity index (χ4n) is 2.70. The second-order valence-corrected chi connectivity index (χ2v) is 5.99. The highest BCUT2D eigenvalue weighted by Gasteiger charge is 2.50. The largest absolute Gasteiger partial charge is 0.463 e. The number of carbonyl (C=O) groups excluding carboxylic acids is 4. The van der Waals surface area contributed by atoms with Gasteiger partial charge in [0.1, 0.15) is 18.8 Å². The van der Waals surface area contributed by atoms with Crippen LogP contribution in [0.2, 0.25) is 0 Å². The summed E-state index contributed by atoms with van der Waals surface area (Å²) in [6.45, 7) is 3.02. The van der Waals surface area contributed by atoms with Gasteiger partial charge in [0, 0.05) is 20.8 Å². The van der Waals surface area contributed by atoms with Crippen molar-refractivity contribution in [2.45, 2.75) is 51.4 Å². The molecule has 5 atom stereocenters. The van der Waals surface area contributed by atoms with E-state index in [4.69, 9.17) is 23.4 Å². The van der Waals surface area contributed by atoms with Gasteiger partial charge in [-0.15, -0.1) is 0 Å². The molecule has 1 fully saturated rings. The Morgan fingerprint density at radius 2 is 1.71 bits per heavy atom. The number of amides is 1. The number of hydrogen-bond donors (Lipinski definition) is 2. The monoisotopic (exact) mass is 399 g/mol. The zero-order chi connectivity index (χ0) is 20.8. The summed E-state index contributed by atoms with van der Waals surface area (Å²) in [4.78, 5) is 46.5. The quantitative estimate of drug-likeness (QED) is 0.474. The van der Waals surface area contributed by atoms with Crippen LogP contribution in [0.4, 0.5) is 0 Å². The average molecular weight is 399 g/mol. The van der Waals surface area contributed by atoms with Crippen LogP contribution in [-0.2, 0) is 33.3 Å². The molecular formula is C17H21NO10. The number of aliphatic hydroxyl groups excluding tert-OH is 1. The Labute approximate surface area is 159 Å². The van der Waals surface area contributed by atoms with Gasteiger partial charge in [-0.05, 0) is 12.1 Å². The number of furan rings is 1. The zero-order valence-corrected chi connectivity index (χ0v) is 15.4. The maximum Gasteiger partial charge on any atom is 0.303 e. The molecule has 1 aromatic rings. The third-order valence-electron chi connectivity index (χ3n) is 3.76. The molecule has 2 rings (SSSR count). The van der Waals surface area contributed by atoms with E-state index in [1.54, 1.807) is 0 Å². The van der Waals surface area contributed by atoms with Gasteiger partial charge >= 0.3 is 17.9 Å². The molecule has 1 aliphatic rings. The maximum atomic E-state index is 12.3. The third kappa shape index (κ3) is 5.54. The van der Waals surface area contributed by atoms with Crippen molar-refractivity contribution in [1.29, 1.82) is 0 Å². The van der Waals surface area contributed by atoms with Gasteiger partial charge in [0.05, 0.1) is 6.26 Å². The Kier molecular flexibility index (Phi) is 7.12. The van der Waals surface area contributed by atoms with E-state index in [9.17, 15) is 24.3 Å². The molecule has 0 aromatic carbocycles. The highest BCUT2D eigenvalue weighted by Crippen LogP contribution is 2.26. The number of aliphatic hydroxyl groups is 1. The molecule has 1 amide bonds. The molecular weight excluding hydrogens is 378 g/mol. The van der Waals surface area contributed by atoms with E-state index in [0.29, 0.717) is 0 Å². The number of hydrogen-bond acceptors (Lipinski definition) is 10. The smallest absolute Gasteiger partial charge is 0.303 e. The minimum absolute atomic E-state index is 0.0557. The van der Waals surface area contributed by atoms with Gasteiger partial charge in [0.25, 0.3) is 5.91 Å². The topological polar surface area (TPSA) is 151 Å². The first-order valence-electron chi connectivity index (χ1n) is 8.34. The van der Waals surface area contributed by atoms with Crippen molar-refractivity contribution in [3.05, 3.63) is 24.2 Å². The summed E-state index contributed by atoms with van der Waals surface area (Å²) in [5.41, 5.74) is 0. The van der Waals surface area contributed by atoms with Gasteiger partial charge in [-0.3, -0.25) is 19.2 Å². The predicted octanol–water partition coefficient (Wildman–Crippen LogP) is -0.478. The molecule has 2 N–H and O–H groups in total. The number of esters is 3. The molecule has 0 unspecified atom stereocenters. The van der Waals surface area contributed by atoms with Crippen LogP contribution < -0.4 is 5.32 Å². The van der Waals surface area contributed by atoms with Crippen molar-refractivity contribution in [3.8, 4) is 0 Å². The molecule has 0 saturated carbocycles. The van der Waals surface area contributed by atoms with Gasteiger partial charge in [-0.25, -0.2) is 0 Å². The first kappa shape index (κ1) is 21.4. The predicted molar refractivity (Wildman–Crippen MR) is 88.6 cm³/mol. The normalized spacial score (nSPS) is 26.8. The Bertz CT molecular complexity index is 716. The lowest BCUT2D eigenvalue weighted by Gasteiger charge is -2.43. The van der Waals surface area contributed by atoms with Crippen molar-refractivity contribution in [2.24, 2.45) is 0 Å². The Morgan fingerprint density at radius 1 is 1.07 bits per heavy atom. The van der Waals surface area contributed by atoms with Crippen molar-refractivity contribution < 1.29 is 47.6 Å². The Morgan fingerprint density at radius 3 is 2.25 bits per heavy atom.